The third-order valence-electron chi connectivity index (χ3n) is 2.92. The summed E-state index contributed by atoms with van der Waals surface area (Å²) in [6, 6.07) is 0.800. The first-order valence-electron chi connectivity index (χ1n) is 6.69. The largest absolute Gasteiger partial charge is 0.417 e. The van der Waals surface area contributed by atoms with Gasteiger partial charge in [-0.2, -0.15) is 13.2 Å². The Balaban J connectivity index is 2.38. The Morgan fingerprint density at radius 1 is 1.38 bits per heavy atom. The van der Waals surface area contributed by atoms with Gasteiger partial charge in [0, 0.05) is 32.6 Å². The molecule has 24 heavy (non-hydrogen) atoms. The summed E-state index contributed by atoms with van der Waals surface area (Å²) in [6.07, 6.45) is -0.825. The summed E-state index contributed by atoms with van der Waals surface area (Å²) < 4.78 is 38.0. The predicted molar refractivity (Wildman–Crippen MR) is 87.3 cm³/mol. The zero-order valence-electron chi connectivity index (χ0n) is 13.0. The normalized spacial score (nSPS) is 12.0. The molecule has 0 aromatic carbocycles. The highest BCUT2D eigenvalue weighted by Crippen LogP contribution is 2.36. The molecular weight excluding hydrogens is 363 g/mol. The third-order valence-corrected chi connectivity index (χ3v) is 4.38. The highest BCUT2D eigenvalue weighted by molar-refractivity contribution is 7.17. The molecule has 0 fully saturated rings. The van der Waals surface area contributed by atoms with Crippen LogP contribution in [-0.2, 0) is 6.18 Å². The van der Waals surface area contributed by atoms with Crippen molar-refractivity contribution in [3.05, 3.63) is 45.7 Å². The fraction of sp³-hybridized carbons (Fsp3) is 0.267. The van der Waals surface area contributed by atoms with E-state index in [1.165, 1.54) is 6.08 Å². The maximum Gasteiger partial charge on any atom is 0.417 e. The van der Waals surface area contributed by atoms with E-state index in [2.05, 4.69) is 9.97 Å². The Morgan fingerprint density at radius 2 is 2.04 bits per heavy atom. The maximum atomic E-state index is 12.7. The molecule has 0 aliphatic carbocycles. The van der Waals surface area contributed by atoms with Crippen molar-refractivity contribution in [1.82, 2.24) is 14.9 Å². The zero-order chi connectivity index (χ0) is 18.1. The van der Waals surface area contributed by atoms with Crippen LogP contribution in [0.1, 0.15) is 20.9 Å². The van der Waals surface area contributed by atoms with E-state index in [0.29, 0.717) is 21.8 Å². The fourth-order valence-electron chi connectivity index (χ4n) is 1.77. The van der Waals surface area contributed by atoms with Gasteiger partial charge in [0.25, 0.3) is 0 Å². The molecule has 2 heterocycles. The molecule has 0 aliphatic rings. The first-order chi connectivity index (χ1) is 11.1. The van der Waals surface area contributed by atoms with Crippen LogP contribution in [0.2, 0.25) is 5.02 Å². The van der Waals surface area contributed by atoms with Crippen LogP contribution in [0.5, 0.6) is 0 Å². The molecule has 0 aliphatic heterocycles. The number of thiazole rings is 1. The van der Waals surface area contributed by atoms with Gasteiger partial charge < -0.3 is 4.90 Å². The number of pyridine rings is 1. The number of hydrogen-bond acceptors (Lipinski definition) is 5. The van der Waals surface area contributed by atoms with Crippen LogP contribution in [0, 0.1) is 6.92 Å². The van der Waals surface area contributed by atoms with Gasteiger partial charge in [0.05, 0.1) is 21.2 Å². The summed E-state index contributed by atoms with van der Waals surface area (Å²) in [5.41, 5.74) is -0.343. The second kappa shape index (κ2) is 6.90. The number of allylic oxidation sites excluding steroid dienone is 1. The highest BCUT2D eigenvalue weighted by atomic mass is 35.5. The molecule has 0 saturated carbocycles. The molecule has 0 unspecified atom stereocenters. The van der Waals surface area contributed by atoms with Crippen molar-refractivity contribution >= 4 is 28.7 Å². The van der Waals surface area contributed by atoms with Crippen molar-refractivity contribution in [2.75, 3.05) is 14.1 Å². The van der Waals surface area contributed by atoms with Gasteiger partial charge in [-0.1, -0.05) is 11.6 Å². The van der Waals surface area contributed by atoms with Crippen molar-refractivity contribution in [1.29, 1.82) is 0 Å². The Kier molecular flexibility index (Phi) is 5.29. The summed E-state index contributed by atoms with van der Waals surface area (Å²) in [7, 11) is 3.56. The van der Waals surface area contributed by atoms with Gasteiger partial charge in [0.1, 0.15) is 10.7 Å². The van der Waals surface area contributed by atoms with Crippen LogP contribution in [0.25, 0.3) is 10.7 Å². The number of carbonyl (C=O) groups excluding carboxylic acids is 1. The van der Waals surface area contributed by atoms with Crippen molar-refractivity contribution in [2.45, 2.75) is 13.1 Å². The van der Waals surface area contributed by atoms with Crippen LogP contribution in [-0.4, -0.2) is 34.7 Å². The summed E-state index contributed by atoms with van der Waals surface area (Å²) in [4.78, 5) is 22.2. The molecule has 0 spiro atoms. The lowest BCUT2D eigenvalue weighted by Crippen LogP contribution is -2.05. The summed E-state index contributed by atoms with van der Waals surface area (Å²) in [5.74, 6) is -0.243. The fourth-order valence-corrected chi connectivity index (χ4v) is 3.08. The van der Waals surface area contributed by atoms with E-state index in [-0.39, 0.29) is 16.5 Å². The third kappa shape index (κ3) is 4.12. The van der Waals surface area contributed by atoms with E-state index >= 15 is 0 Å². The summed E-state index contributed by atoms with van der Waals surface area (Å²) >= 11 is 6.95. The molecule has 0 saturated heterocycles. The SMILES string of the molecule is Cc1nc(-c2ncc(C(F)(F)F)cc2Cl)sc1C(=O)C=CN(C)C. The van der Waals surface area contributed by atoms with Crippen molar-refractivity contribution in [2.24, 2.45) is 0 Å². The molecule has 0 atom stereocenters. The number of hydrogen-bond donors (Lipinski definition) is 0. The van der Waals surface area contributed by atoms with Gasteiger partial charge in [-0.3, -0.25) is 9.78 Å². The first-order valence-corrected chi connectivity index (χ1v) is 7.88. The lowest BCUT2D eigenvalue weighted by molar-refractivity contribution is -0.137. The smallest absolute Gasteiger partial charge is 0.383 e. The Hall–Kier alpha value is -1.93. The van der Waals surface area contributed by atoms with Crippen LogP contribution in [0.4, 0.5) is 13.2 Å². The number of halogens is 4. The minimum atomic E-state index is -4.52. The molecule has 0 bridgehead atoms. The van der Waals surface area contributed by atoms with Gasteiger partial charge in [-0.15, -0.1) is 11.3 Å². The molecule has 0 N–H and O–H groups in total. The van der Waals surface area contributed by atoms with E-state index in [4.69, 9.17) is 11.6 Å². The lowest BCUT2D eigenvalue weighted by Gasteiger charge is -2.07. The quantitative estimate of drug-likeness (QED) is 0.585. The van der Waals surface area contributed by atoms with Crippen molar-refractivity contribution in [3.8, 4) is 10.7 Å². The molecule has 0 radical (unpaired) electrons. The van der Waals surface area contributed by atoms with Gasteiger partial charge >= 0.3 is 6.18 Å². The average Bonchev–Trinajstić information content (AvgIpc) is 2.85. The number of ketones is 1. The minimum absolute atomic E-state index is 0.119. The molecule has 0 amide bonds. The second-order valence-electron chi connectivity index (χ2n) is 5.13. The Labute approximate surface area is 145 Å². The molecule has 4 nitrogen and oxygen atoms in total. The number of carbonyl (C=O) groups is 1. The molecule has 2 rings (SSSR count). The monoisotopic (exact) mass is 375 g/mol. The van der Waals surface area contributed by atoms with Gasteiger partial charge in [-0.25, -0.2) is 4.98 Å². The number of rotatable bonds is 4. The maximum absolute atomic E-state index is 12.7. The highest BCUT2D eigenvalue weighted by Gasteiger charge is 2.32. The number of aromatic nitrogens is 2. The number of aryl methyl sites for hydroxylation is 1. The van der Waals surface area contributed by atoms with Gasteiger partial charge in [0.2, 0.25) is 0 Å². The first kappa shape index (κ1) is 18.4. The average molecular weight is 376 g/mol. The van der Waals surface area contributed by atoms with Crippen molar-refractivity contribution in [3.63, 3.8) is 0 Å². The van der Waals surface area contributed by atoms with Crippen LogP contribution in [0.15, 0.2) is 24.5 Å². The second-order valence-corrected chi connectivity index (χ2v) is 6.54. The molecule has 128 valence electrons. The van der Waals surface area contributed by atoms with Crippen LogP contribution in [0.3, 0.4) is 0 Å². The topological polar surface area (TPSA) is 46.1 Å². The lowest BCUT2D eigenvalue weighted by atomic mass is 10.2. The van der Waals surface area contributed by atoms with Crippen LogP contribution < -0.4 is 0 Å². The minimum Gasteiger partial charge on any atom is -0.383 e. The summed E-state index contributed by atoms with van der Waals surface area (Å²) in [5, 5.41) is 0.134. The standard InChI is InChI=1S/C15H13ClF3N3OS/c1-8-13(11(23)4-5-22(2)3)24-14(21-8)12-10(16)6-9(7-20-12)15(17,18)19/h4-7H,1-3H3. The number of nitrogens with zero attached hydrogens (tertiary/aromatic N) is 3. The molecule has 2 aromatic rings. The summed E-state index contributed by atoms with van der Waals surface area (Å²) in [6.45, 7) is 1.65. The van der Waals surface area contributed by atoms with E-state index in [9.17, 15) is 18.0 Å². The van der Waals surface area contributed by atoms with Crippen LogP contribution >= 0.6 is 22.9 Å². The van der Waals surface area contributed by atoms with E-state index in [1.54, 1.807) is 32.1 Å². The Bertz CT molecular complexity index is 800. The van der Waals surface area contributed by atoms with E-state index in [1.807, 2.05) is 0 Å². The van der Waals surface area contributed by atoms with Gasteiger partial charge in [-0.05, 0) is 13.0 Å². The number of alkyl halides is 3. The molecular formula is C15H13ClF3N3OS. The molecule has 9 heteroatoms. The van der Waals surface area contributed by atoms with Crippen molar-refractivity contribution < 1.29 is 18.0 Å². The zero-order valence-corrected chi connectivity index (χ0v) is 14.6. The molecule has 2 aromatic heterocycles. The Morgan fingerprint density at radius 3 is 2.58 bits per heavy atom. The van der Waals surface area contributed by atoms with E-state index in [0.717, 1.165) is 17.4 Å². The van der Waals surface area contributed by atoms with E-state index < -0.39 is 11.7 Å². The predicted octanol–water partition coefficient (Wildman–Crippen LogP) is 4.44. The van der Waals surface area contributed by atoms with Gasteiger partial charge in [0.15, 0.2) is 5.78 Å².